The third-order valence-electron chi connectivity index (χ3n) is 5.91. The minimum atomic E-state index is -0.234. The number of carbonyl (C=O) groups is 2. The molecule has 0 saturated carbocycles. The number of piperidine rings is 1. The summed E-state index contributed by atoms with van der Waals surface area (Å²) in [7, 11) is 0. The first-order valence-electron chi connectivity index (χ1n) is 10.5. The topological polar surface area (TPSA) is 57.9 Å². The first-order valence-corrected chi connectivity index (χ1v) is 10.5. The average Bonchev–Trinajstić information content (AvgIpc) is 3.10. The third kappa shape index (κ3) is 3.38. The van der Waals surface area contributed by atoms with Crippen LogP contribution in [0.2, 0.25) is 0 Å². The summed E-state index contributed by atoms with van der Waals surface area (Å²) < 4.78 is 2.01. The van der Waals surface area contributed by atoms with E-state index in [4.69, 9.17) is 0 Å². The van der Waals surface area contributed by atoms with Gasteiger partial charge in [0.25, 0.3) is 5.91 Å². The van der Waals surface area contributed by atoms with Crippen molar-refractivity contribution in [2.45, 2.75) is 25.8 Å². The molecule has 3 aromatic rings. The van der Waals surface area contributed by atoms with Gasteiger partial charge in [0.05, 0.1) is 12.3 Å². The van der Waals surface area contributed by atoms with E-state index in [-0.39, 0.29) is 18.4 Å². The van der Waals surface area contributed by atoms with Crippen LogP contribution in [0.5, 0.6) is 0 Å². The van der Waals surface area contributed by atoms with Crippen molar-refractivity contribution in [3.8, 4) is 0 Å². The zero-order valence-corrected chi connectivity index (χ0v) is 16.8. The number of amides is 2. The van der Waals surface area contributed by atoms with Gasteiger partial charge in [-0.05, 0) is 37.0 Å². The van der Waals surface area contributed by atoms with Crippen molar-refractivity contribution in [1.82, 2.24) is 14.5 Å². The minimum absolute atomic E-state index is 0.0311. The summed E-state index contributed by atoms with van der Waals surface area (Å²) in [5.41, 5.74) is 3.29. The Hall–Kier alpha value is -3.41. The highest BCUT2D eigenvalue weighted by Crippen LogP contribution is 2.25. The number of carbonyl (C=O) groups excluding carboxylic acids is 2. The van der Waals surface area contributed by atoms with E-state index in [9.17, 15) is 9.59 Å². The quantitative estimate of drug-likeness (QED) is 0.676. The van der Waals surface area contributed by atoms with Crippen molar-refractivity contribution in [1.29, 1.82) is 0 Å². The minimum Gasteiger partial charge on any atom is -0.341 e. The molecule has 152 valence electrons. The molecule has 2 amide bonds. The molecule has 0 bridgehead atoms. The number of benzene rings is 2. The van der Waals surface area contributed by atoms with Crippen molar-refractivity contribution in [3.05, 3.63) is 71.9 Å². The molecule has 0 spiro atoms. The number of para-hydroxylation sites is 1. The molecule has 1 saturated heterocycles. The molecule has 2 aliphatic rings. The number of aromatic nitrogens is 1. The number of likely N-dealkylation sites (tertiary alicyclic amines) is 1. The van der Waals surface area contributed by atoms with Crippen molar-refractivity contribution >= 4 is 28.4 Å². The smallest absolute Gasteiger partial charge is 0.291 e. The van der Waals surface area contributed by atoms with Crippen LogP contribution in [0.25, 0.3) is 10.9 Å². The third-order valence-corrected chi connectivity index (χ3v) is 5.91. The lowest BCUT2D eigenvalue weighted by molar-refractivity contribution is -0.132. The van der Waals surface area contributed by atoms with E-state index in [0.29, 0.717) is 12.2 Å². The second kappa shape index (κ2) is 7.78. The van der Waals surface area contributed by atoms with Gasteiger partial charge in [-0.3, -0.25) is 9.59 Å². The molecular formula is C24H24N4O2. The number of hydrogen-bond acceptors (Lipinski definition) is 3. The number of fused-ring (bicyclic) bond motifs is 3. The fourth-order valence-corrected chi connectivity index (χ4v) is 4.32. The first-order chi connectivity index (χ1) is 14.7. The van der Waals surface area contributed by atoms with Crippen molar-refractivity contribution in [2.75, 3.05) is 19.6 Å². The SMILES string of the molecule is O=C(CN1N=C(c2ccccc2)Cn2c(cc3ccccc32)C1=O)N1CCCCC1. The molecule has 2 aliphatic heterocycles. The zero-order chi connectivity index (χ0) is 20.5. The molecule has 6 nitrogen and oxygen atoms in total. The van der Waals surface area contributed by atoms with Gasteiger partial charge < -0.3 is 9.47 Å². The summed E-state index contributed by atoms with van der Waals surface area (Å²) in [5, 5.41) is 7.06. The molecule has 0 aliphatic carbocycles. The van der Waals surface area contributed by atoms with Crippen LogP contribution in [0.1, 0.15) is 35.3 Å². The van der Waals surface area contributed by atoms with Crippen LogP contribution >= 0.6 is 0 Å². The van der Waals surface area contributed by atoms with Crippen molar-refractivity contribution in [2.24, 2.45) is 5.10 Å². The molecule has 0 N–H and O–H groups in total. The summed E-state index contributed by atoms with van der Waals surface area (Å²) in [6, 6.07) is 19.7. The molecule has 5 rings (SSSR count). The van der Waals surface area contributed by atoms with Crippen LogP contribution in [-0.2, 0) is 11.3 Å². The highest BCUT2D eigenvalue weighted by atomic mass is 16.2. The van der Waals surface area contributed by atoms with Crippen molar-refractivity contribution < 1.29 is 9.59 Å². The molecule has 3 heterocycles. The molecule has 2 aromatic carbocycles. The number of hydrazone groups is 1. The lowest BCUT2D eigenvalue weighted by atomic mass is 10.1. The van der Waals surface area contributed by atoms with E-state index < -0.39 is 0 Å². The largest absolute Gasteiger partial charge is 0.341 e. The van der Waals surface area contributed by atoms with Gasteiger partial charge in [0.2, 0.25) is 5.91 Å². The molecule has 0 unspecified atom stereocenters. The predicted molar refractivity (Wildman–Crippen MR) is 116 cm³/mol. The van der Waals surface area contributed by atoms with E-state index in [2.05, 4.69) is 5.10 Å². The fourth-order valence-electron chi connectivity index (χ4n) is 4.32. The molecule has 6 heteroatoms. The summed E-state index contributed by atoms with van der Waals surface area (Å²) in [5.74, 6) is -0.272. The lowest BCUT2D eigenvalue weighted by Crippen LogP contribution is -2.43. The van der Waals surface area contributed by atoms with Crippen molar-refractivity contribution in [3.63, 3.8) is 0 Å². The standard InChI is InChI=1S/C24H24N4O2/c29-23(26-13-7-2-8-14-26)17-28-24(30)22-15-19-11-5-6-12-21(19)27(22)16-20(25-28)18-9-3-1-4-10-18/h1,3-6,9-12,15H,2,7-8,13-14,16-17H2. The highest BCUT2D eigenvalue weighted by molar-refractivity contribution is 6.07. The van der Waals surface area contributed by atoms with Crippen LogP contribution in [0.3, 0.4) is 0 Å². The van der Waals surface area contributed by atoms with E-state index in [0.717, 1.165) is 54.5 Å². The molecule has 0 atom stereocenters. The normalized spacial score (nSPS) is 16.9. The van der Waals surface area contributed by atoms with Gasteiger partial charge in [-0.15, -0.1) is 0 Å². The summed E-state index contributed by atoms with van der Waals surface area (Å²) in [6.45, 7) is 1.97. The van der Waals surface area contributed by atoms with Gasteiger partial charge >= 0.3 is 0 Å². The molecular weight excluding hydrogens is 376 g/mol. The van der Waals surface area contributed by atoms with E-state index in [1.54, 1.807) is 0 Å². The average molecular weight is 400 g/mol. The Morgan fingerprint density at radius 2 is 1.67 bits per heavy atom. The molecule has 1 aromatic heterocycles. The maximum Gasteiger partial charge on any atom is 0.291 e. The van der Waals surface area contributed by atoms with Crippen LogP contribution < -0.4 is 0 Å². The van der Waals surface area contributed by atoms with Gasteiger partial charge in [0.15, 0.2) is 0 Å². The molecule has 30 heavy (non-hydrogen) atoms. The van der Waals surface area contributed by atoms with Gasteiger partial charge in [-0.2, -0.15) is 5.10 Å². The van der Waals surface area contributed by atoms with E-state index in [1.165, 1.54) is 5.01 Å². The zero-order valence-electron chi connectivity index (χ0n) is 16.8. The van der Waals surface area contributed by atoms with Crippen LogP contribution in [-0.4, -0.2) is 51.6 Å². The summed E-state index contributed by atoms with van der Waals surface area (Å²) >= 11 is 0. The van der Waals surface area contributed by atoms with Gasteiger partial charge in [-0.1, -0.05) is 48.5 Å². The number of hydrogen-bond donors (Lipinski definition) is 0. The Labute approximate surface area is 175 Å². The molecule has 1 fully saturated rings. The first kappa shape index (κ1) is 18.6. The maximum absolute atomic E-state index is 13.4. The summed E-state index contributed by atoms with van der Waals surface area (Å²) in [4.78, 5) is 28.2. The molecule has 0 radical (unpaired) electrons. The summed E-state index contributed by atoms with van der Waals surface area (Å²) in [6.07, 6.45) is 3.20. The fraction of sp³-hybridized carbons (Fsp3) is 0.292. The number of rotatable bonds is 3. The highest BCUT2D eigenvalue weighted by Gasteiger charge is 2.29. The van der Waals surface area contributed by atoms with E-state index >= 15 is 0 Å². The lowest BCUT2D eigenvalue weighted by Gasteiger charge is -2.28. The second-order valence-electron chi connectivity index (χ2n) is 7.89. The van der Waals surface area contributed by atoms with Crippen LogP contribution in [0, 0.1) is 0 Å². The monoisotopic (exact) mass is 400 g/mol. The van der Waals surface area contributed by atoms with E-state index in [1.807, 2.05) is 70.1 Å². The Bertz CT molecular complexity index is 1130. The van der Waals surface area contributed by atoms with Crippen LogP contribution in [0.4, 0.5) is 0 Å². The van der Waals surface area contributed by atoms with Gasteiger partial charge in [-0.25, -0.2) is 5.01 Å². The van der Waals surface area contributed by atoms with Gasteiger partial charge in [0, 0.05) is 24.0 Å². The Morgan fingerprint density at radius 1 is 0.933 bits per heavy atom. The maximum atomic E-state index is 13.4. The Kier molecular flexibility index (Phi) is 4.83. The predicted octanol–water partition coefficient (Wildman–Crippen LogP) is 3.51. The van der Waals surface area contributed by atoms with Crippen LogP contribution in [0.15, 0.2) is 65.8 Å². The Morgan fingerprint density at radius 3 is 2.47 bits per heavy atom. The van der Waals surface area contributed by atoms with Gasteiger partial charge in [0.1, 0.15) is 12.2 Å². The Balaban J connectivity index is 1.56. The second-order valence-corrected chi connectivity index (χ2v) is 7.89. The number of nitrogens with zero attached hydrogens (tertiary/aromatic N) is 4.